The topological polar surface area (TPSA) is 49.4 Å². The van der Waals surface area contributed by atoms with Gasteiger partial charge in [-0.1, -0.05) is 33.1 Å². The van der Waals surface area contributed by atoms with Crippen molar-refractivity contribution < 1.29 is 9.59 Å². The van der Waals surface area contributed by atoms with Crippen molar-refractivity contribution in [1.29, 1.82) is 0 Å². The molecule has 0 spiro atoms. The number of hydrogen-bond donors (Lipinski definition) is 1. The van der Waals surface area contributed by atoms with Crippen LogP contribution in [-0.4, -0.2) is 23.4 Å². The van der Waals surface area contributed by atoms with Crippen molar-refractivity contribution in [2.24, 2.45) is 5.41 Å². The predicted octanol–water partition coefficient (Wildman–Crippen LogP) is 1.86. The molecule has 0 aliphatic carbocycles. The highest BCUT2D eigenvalue weighted by Crippen LogP contribution is 2.31. The molecule has 0 bridgehead atoms. The molecule has 4 heteroatoms. The minimum atomic E-state index is -0.830. The number of hydrazine groups is 1. The van der Waals surface area contributed by atoms with E-state index in [1.54, 1.807) is 6.92 Å². The lowest BCUT2D eigenvalue weighted by Gasteiger charge is -2.19. The summed E-state index contributed by atoms with van der Waals surface area (Å²) in [6.45, 7) is 6.52. The molecule has 0 radical (unpaired) electrons. The van der Waals surface area contributed by atoms with Gasteiger partial charge in [0.05, 0.1) is 0 Å². The third-order valence-corrected chi connectivity index (χ3v) is 3.22. The Kier molecular flexibility index (Phi) is 4.33. The van der Waals surface area contributed by atoms with E-state index in [4.69, 9.17) is 0 Å². The van der Waals surface area contributed by atoms with Gasteiger partial charge in [-0.25, -0.2) is 0 Å². The molecule has 1 fully saturated rings. The van der Waals surface area contributed by atoms with Crippen LogP contribution in [0.5, 0.6) is 0 Å². The highest BCUT2D eigenvalue weighted by atomic mass is 16.2. The van der Waals surface area contributed by atoms with Gasteiger partial charge in [0.2, 0.25) is 0 Å². The third kappa shape index (κ3) is 2.36. The molecular weight excluding hydrogens is 204 g/mol. The molecule has 4 nitrogen and oxygen atoms in total. The third-order valence-electron chi connectivity index (χ3n) is 3.22. The van der Waals surface area contributed by atoms with Crippen molar-refractivity contribution >= 4 is 11.8 Å². The van der Waals surface area contributed by atoms with Gasteiger partial charge in [-0.3, -0.25) is 20.0 Å². The fourth-order valence-electron chi connectivity index (χ4n) is 1.92. The van der Waals surface area contributed by atoms with E-state index in [-0.39, 0.29) is 11.8 Å². The molecule has 2 amide bonds. The van der Waals surface area contributed by atoms with Crippen molar-refractivity contribution in [2.45, 2.75) is 52.9 Å². The standard InChI is InChI=1S/C12H22N2O2/c1-4-6-8-12(3)10(15)13-14(11(12)16)9-7-5-2/h4-9H2,1-3H3,(H,13,15). The Morgan fingerprint density at radius 3 is 2.38 bits per heavy atom. The van der Waals surface area contributed by atoms with Crippen LogP contribution in [0.4, 0.5) is 0 Å². The van der Waals surface area contributed by atoms with E-state index in [0.717, 1.165) is 25.7 Å². The van der Waals surface area contributed by atoms with E-state index in [9.17, 15) is 9.59 Å². The molecule has 1 rings (SSSR count). The van der Waals surface area contributed by atoms with E-state index in [2.05, 4.69) is 19.3 Å². The Bertz CT molecular complexity index is 278. The minimum Gasteiger partial charge on any atom is -0.272 e. The second-order valence-electron chi connectivity index (χ2n) is 4.69. The number of nitrogens with zero attached hydrogens (tertiary/aromatic N) is 1. The first-order valence-corrected chi connectivity index (χ1v) is 6.19. The fourth-order valence-corrected chi connectivity index (χ4v) is 1.92. The molecule has 92 valence electrons. The van der Waals surface area contributed by atoms with Gasteiger partial charge in [0.1, 0.15) is 5.41 Å². The summed E-state index contributed by atoms with van der Waals surface area (Å²) in [5.74, 6) is -0.193. The van der Waals surface area contributed by atoms with Gasteiger partial charge < -0.3 is 0 Å². The SMILES string of the molecule is CCCCN1NC(=O)C(C)(CCCC)C1=O. The van der Waals surface area contributed by atoms with Crippen LogP contribution < -0.4 is 5.43 Å². The van der Waals surface area contributed by atoms with Crippen LogP contribution in [0.15, 0.2) is 0 Å². The largest absolute Gasteiger partial charge is 0.272 e. The van der Waals surface area contributed by atoms with Gasteiger partial charge in [-0.05, 0) is 19.8 Å². The summed E-state index contributed by atoms with van der Waals surface area (Å²) in [4.78, 5) is 23.9. The number of carbonyl (C=O) groups is 2. The Labute approximate surface area is 97.4 Å². The lowest BCUT2D eigenvalue weighted by atomic mass is 9.84. The van der Waals surface area contributed by atoms with Gasteiger partial charge in [0.15, 0.2) is 0 Å². The van der Waals surface area contributed by atoms with Gasteiger partial charge in [-0.2, -0.15) is 0 Å². The molecule has 1 saturated heterocycles. The summed E-state index contributed by atoms with van der Waals surface area (Å²) >= 11 is 0. The zero-order valence-electron chi connectivity index (χ0n) is 10.5. The molecule has 16 heavy (non-hydrogen) atoms. The summed E-state index contributed by atoms with van der Waals surface area (Å²) in [5, 5.41) is 1.49. The Morgan fingerprint density at radius 1 is 1.19 bits per heavy atom. The molecule has 0 aromatic rings. The summed E-state index contributed by atoms with van der Waals surface area (Å²) in [5.41, 5.74) is 1.85. The van der Waals surface area contributed by atoms with Crippen LogP contribution in [-0.2, 0) is 9.59 Å². The van der Waals surface area contributed by atoms with Crippen LogP contribution in [0.1, 0.15) is 52.9 Å². The van der Waals surface area contributed by atoms with E-state index in [1.807, 2.05) is 0 Å². The lowest BCUT2D eigenvalue weighted by Crippen LogP contribution is -2.37. The van der Waals surface area contributed by atoms with Crippen LogP contribution in [0.2, 0.25) is 0 Å². The smallest absolute Gasteiger partial charge is 0.256 e. The van der Waals surface area contributed by atoms with Crippen molar-refractivity contribution in [1.82, 2.24) is 10.4 Å². The average Bonchev–Trinajstić information content (AvgIpc) is 2.49. The number of nitrogens with one attached hydrogen (secondary N) is 1. The van der Waals surface area contributed by atoms with Crippen molar-refractivity contribution in [3.05, 3.63) is 0 Å². The summed E-state index contributed by atoms with van der Waals surface area (Å²) in [7, 11) is 0. The molecular formula is C12H22N2O2. The average molecular weight is 226 g/mol. The Hall–Kier alpha value is -1.06. The van der Waals surface area contributed by atoms with Crippen molar-refractivity contribution in [3.63, 3.8) is 0 Å². The quantitative estimate of drug-likeness (QED) is 0.703. The second kappa shape index (κ2) is 5.32. The molecule has 1 aliphatic rings. The van der Waals surface area contributed by atoms with Crippen LogP contribution in [0.3, 0.4) is 0 Å². The molecule has 1 aliphatic heterocycles. The molecule has 1 heterocycles. The maximum atomic E-state index is 12.1. The summed E-state index contributed by atoms with van der Waals surface area (Å²) < 4.78 is 0. The maximum absolute atomic E-state index is 12.1. The van der Waals surface area contributed by atoms with Gasteiger partial charge in [-0.15, -0.1) is 0 Å². The molecule has 0 aromatic heterocycles. The predicted molar refractivity (Wildman–Crippen MR) is 62.4 cm³/mol. The Morgan fingerprint density at radius 2 is 1.81 bits per heavy atom. The Balaban J connectivity index is 2.65. The molecule has 1 atom stereocenters. The maximum Gasteiger partial charge on any atom is 0.256 e. The monoisotopic (exact) mass is 226 g/mol. The normalized spacial score (nSPS) is 25.1. The van der Waals surface area contributed by atoms with Gasteiger partial charge in [0.25, 0.3) is 11.8 Å². The summed E-state index contributed by atoms with van der Waals surface area (Å²) in [6.07, 6.45) is 4.51. The molecule has 1 N–H and O–H groups in total. The first-order chi connectivity index (χ1) is 7.56. The molecule has 0 saturated carbocycles. The number of hydrogen-bond acceptors (Lipinski definition) is 2. The lowest BCUT2D eigenvalue weighted by molar-refractivity contribution is -0.138. The molecule has 1 unspecified atom stereocenters. The van der Waals surface area contributed by atoms with E-state index in [1.165, 1.54) is 5.01 Å². The van der Waals surface area contributed by atoms with Crippen molar-refractivity contribution in [2.75, 3.05) is 6.54 Å². The highest BCUT2D eigenvalue weighted by Gasteiger charge is 2.49. The highest BCUT2D eigenvalue weighted by molar-refractivity contribution is 6.09. The van der Waals surface area contributed by atoms with Crippen LogP contribution in [0.25, 0.3) is 0 Å². The number of rotatable bonds is 6. The molecule has 0 aromatic carbocycles. The van der Waals surface area contributed by atoms with Gasteiger partial charge in [0, 0.05) is 6.54 Å². The van der Waals surface area contributed by atoms with Crippen LogP contribution >= 0.6 is 0 Å². The first-order valence-electron chi connectivity index (χ1n) is 6.19. The number of carbonyl (C=O) groups excluding carboxylic acids is 2. The fraction of sp³-hybridized carbons (Fsp3) is 0.833. The second-order valence-corrected chi connectivity index (χ2v) is 4.69. The van der Waals surface area contributed by atoms with Gasteiger partial charge >= 0.3 is 0 Å². The van der Waals surface area contributed by atoms with Crippen molar-refractivity contribution in [3.8, 4) is 0 Å². The zero-order valence-corrected chi connectivity index (χ0v) is 10.5. The minimum absolute atomic E-state index is 0.0561. The van der Waals surface area contributed by atoms with Crippen LogP contribution in [0, 0.1) is 5.41 Å². The summed E-state index contributed by atoms with van der Waals surface area (Å²) in [6, 6.07) is 0. The van der Waals surface area contributed by atoms with E-state index >= 15 is 0 Å². The number of amides is 2. The van der Waals surface area contributed by atoms with E-state index < -0.39 is 5.41 Å². The number of unbranched alkanes of at least 4 members (excludes halogenated alkanes) is 2. The zero-order chi connectivity index (χ0) is 12.2. The first kappa shape index (κ1) is 13.0. The van der Waals surface area contributed by atoms with E-state index in [0.29, 0.717) is 13.0 Å².